The highest BCUT2D eigenvalue weighted by Crippen LogP contribution is 2.20. The number of phenolic OH excluding ortho intramolecular Hbond substituents is 1. The van der Waals surface area contributed by atoms with Crippen LogP contribution in [0, 0.1) is 0 Å². The van der Waals surface area contributed by atoms with Gasteiger partial charge in [0.15, 0.2) is 5.78 Å². The van der Waals surface area contributed by atoms with Crippen molar-refractivity contribution in [2.24, 2.45) is 0 Å². The first-order chi connectivity index (χ1) is 7.04. The number of nitrogens with zero attached hydrogens (tertiary/aromatic N) is 1. The van der Waals surface area contributed by atoms with Crippen LogP contribution in [0.2, 0.25) is 0 Å². The van der Waals surface area contributed by atoms with Crippen molar-refractivity contribution in [2.45, 2.75) is 20.4 Å². The van der Waals surface area contributed by atoms with E-state index in [9.17, 15) is 9.90 Å². The third kappa shape index (κ3) is 3.06. The molecule has 0 aliphatic carbocycles. The first-order valence-corrected chi connectivity index (χ1v) is 5.06. The molecule has 1 aromatic rings. The van der Waals surface area contributed by atoms with Gasteiger partial charge in [-0.25, -0.2) is 0 Å². The van der Waals surface area contributed by atoms with Gasteiger partial charge in [0.05, 0.1) is 0 Å². The molecule has 0 saturated carbocycles. The number of phenols is 1. The van der Waals surface area contributed by atoms with Crippen LogP contribution in [-0.4, -0.2) is 29.4 Å². The van der Waals surface area contributed by atoms with E-state index in [0.29, 0.717) is 12.1 Å². The lowest BCUT2D eigenvalue weighted by Crippen LogP contribution is -2.17. The van der Waals surface area contributed by atoms with E-state index in [2.05, 4.69) is 4.90 Å². The van der Waals surface area contributed by atoms with Gasteiger partial charge in [-0.1, -0.05) is 6.92 Å². The summed E-state index contributed by atoms with van der Waals surface area (Å²) in [7, 11) is 1.97. The maximum atomic E-state index is 11.2. The van der Waals surface area contributed by atoms with Gasteiger partial charge in [0.25, 0.3) is 0 Å². The molecule has 0 heterocycles. The lowest BCUT2D eigenvalue weighted by atomic mass is 10.1. The van der Waals surface area contributed by atoms with Crippen LogP contribution in [0.25, 0.3) is 0 Å². The van der Waals surface area contributed by atoms with Crippen LogP contribution >= 0.6 is 0 Å². The first kappa shape index (κ1) is 11.7. The van der Waals surface area contributed by atoms with E-state index in [4.69, 9.17) is 0 Å². The van der Waals surface area contributed by atoms with E-state index < -0.39 is 0 Å². The van der Waals surface area contributed by atoms with E-state index in [0.717, 1.165) is 12.1 Å². The highest BCUT2D eigenvalue weighted by molar-refractivity contribution is 5.94. The van der Waals surface area contributed by atoms with Crippen LogP contribution in [-0.2, 0) is 6.54 Å². The largest absolute Gasteiger partial charge is 0.508 e. The van der Waals surface area contributed by atoms with Crippen molar-refractivity contribution in [3.63, 3.8) is 0 Å². The van der Waals surface area contributed by atoms with Crippen molar-refractivity contribution in [2.75, 3.05) is 13.6 Å². The Balaban J connectivity index is 2.95. The molecule has 0 atom stereocenters. The minimum absolute atomic E-state index is 0.0235. The number of benzene rings is 1. The summed E-state index contributed by atoms with van der Waals surface area (Å²) in [5, 5.41) is 9.62. The molecule has 0 fully saturated rings. The Morgan fingerprint density at radius 3 is 2.67 bits per heavy atom. The predicted octanol–water partition coefficient (Wildman–Crippen LogP) is 2.05. The Hall–Kier alpha value is -1.35. The average Bonchev–Trinajstić information content (AvgIpc) is 2.20. The van der Waals surface area contributed by atoms with Gasteiger partial charge >= 0.3 is 0 Å². The van der Waals surface area contributed by atoms with Crippen LogP contribution in [0.3, 0.4) is 0 Å². The van der Waals surface area contributed by atoms with E-state index >= 15 is 0 Å². The van der Waals surface area contributed by atoms with Gasteiger partial charge in [0.2, 0.25) is 0 Å². The SMILES string of the molecule is CCN(C)Cc1cc(C(C)=O)ccc1O. The summed E-state index contributed by atoms with van der Waals surface area (Å²) in [6, 6.07) is 4.98. The molecule has 0 saturated heterocycles. The standard InChI is InChI=1S/C12H17NO2/c1-4-13(3)8-11-7-10(9(2)14)5-6-12(11)15/h5-7,15H,4,8H2,1-3H3. The summed E-state index contributed by atoms with van der Waals surface area (Å²) in [4.78, 5) is 13.2. The molecule has 0 aromatic heterocycles. The number of ketones is 1. The molecule has 82 valence electrons. The maximum Gasteiger partial charge on any atom is 0.159 e. The van der Waals surface area contributed by atoms with Crippen molar-refractivity contribution in [1.29, 1.82) is 0 Å². The molecule has 1 aromatic carbocycles. The number of Topliss-reactive ketones (excluding diaryl/α,β-unsaturated/α-hetero) is 1. The van der Waals surface area contributed by atoms with Gasteiger partial charge in [-0.15, -0.1) is 0 Å². The summed E-state index contributed by atoms with van der Waals surface area (Å²) < 4.78 is 0. The minimum Gasteiger partial charge on any atom is -0.508 e. The Bertz CT molecular complexity index is 361. The molecule has 0 spiro atoms. The van der Waals surface area contributed by atoms with Crippen LogP contribution in [0.5, 0.6) is 5.75 Å². The Labute approximate surface area is 90.3 Å². The average molecular weight is 207 g/mol. The Kier molecular flexibility index (Phi) is 3.86. The molecule has 0 bridgehead atoms. The zero-order valence-electron chi connectivity index (χ0n) is 9.45. The van der Waals surface area contributed by atoms with Crippen molar-refractivity contribution in [3.05, 3.63) is 29.3 Å². The lowest BCUT2D eigenvalue weighted by molar-refractivity contribution is 0.101. The summed E-state index contributed by atoms with van der Waals surface area (Å²) >= 11 is 0. The van der Waals surface area contributed by atoms with Gasteiger partial charge in [0, 0.05) is 17.7 Å². The highest BCUT2D eigenvalue weighted by Gasteiger charge is 2.07. The Morgan fingerprint density at radius 1 is 1.47 bits per heavy atom. The second kappa shape index (κ2) is 4.94. The molecule has 0 amide bonds. The fourth-order valence-electron chi connectivity index (χ4n) is 1.33. The van der Waals surface area contributed by atoms with Crippen molar-refractivity contribution >= 4 is 5.78 Å². The predicted molar refractivity (Wildman–Crippen MR) is 60.1 cm³/mol. The molecule has 3 nitrogen and oxygen atoms in total. The summed E-state index contributed by atoms with van der Waals surface area (Å²) in [5.74, 6) is 0.274. The van der Waals surface area contributed by atoms with E-state index in [-0.39, 0.29) is 11.5 Å². The molecule has 0 aliphatic rings. The molecule has 3 heteroatoms. The normalized spacial score (nSPS) is 10.7. The molecule has 0 radical (unpaired) electrons. The summed E-state index contributed by atoms with van der Waals surface area (Å²) in [5.41, 5.74) is 1.44. The van der Waals surface area contributed by atoms with Gasteiger partial charge < -0.3 is 10.0 Å². The molecule has 0 unspecified atom stereocenters. The number of hydrogen-bond acceptors (Lipinski definition) is 3. The fourth-order valence-corrected chi connectivity index (χ4v) is 1.33. The highest BCUT2D eigenvalue weighted by atomic mass is 16.3. The quantitative estimate of drug-likeness (QED) is 0.768. The maximum absolute atomic E-state index is 11.2. The monoisotopic (exact) mass is 207 g/mol. The van der Waals surface area contributed by atoms with Crippen LogP contribution in [0.4, 0.5) is 0 Å². The van der Waals surface area contributed by atoms with Crippen LogP contribution in [0.15, 0.2) is 18.2 Å². The van der Waals surface area contributed by atoms with E-state index in [1.807, 2.05) is 14.0 Å². The molecule has 15 heavy (non-hydrogen) atoms. The summed E-state index contributed by atoms with van der Waals surface area (Å²) in [6.45, 7) is 5.14. The van der Waals surface area contributed by atoms with E-state index in [1.165, 1.54) is 6.92 Å². The zero-order valence-corrected chi connectivity index (χ0v) is 9.45. The second-order valence-electron chi connectivity index (χ2n) is 3.73. The number of carbonyl (C=O) groups excluding carboxylic acids is 1. The van der Waals surface area contributed by atoms with Crippen molar-refractivity contribution in [1.82, 2.24) is 4.90 Å². The smallest absolute Gasteiger partial charge is 0.159 e. The summed E-state index contributed by atoms with van der Waals surface area (Å²) in [6.07, 6.45) is 0. The van der Waals surface area contributed by atoms with Gasteiger partial charge in [-0.3, -0.25) is 4.79 Å². The van der Waals surface area contributed by atoms with E-state index in [1.54, 1.807) is 18.2 Å². The van der Waals surface area contributed by atoms with Crippen molar-refractivity contribution < 1.29 is 9.90 Å². The molecule has 1 N–H and O–H groups in total. The molecule has 1 rings (SSSR count). The number of carbonyl (C=O) groups is 1. The van der Waals surface area contributed by atoms with Gasteiger partial charge in [-0.05, 0) is 38.7 Å². The van der Waals surface area contributed by atoms with Crippen LogP contribution < -0.4 is 0 Å². The van der Waals surface area contributed by atoms with Gasteiger partial charge in [0.1, 0.15) is 5.75 Å². The third-order valence-corrected chi connectivity index (χ3v) is 2.47. The molecular formula is C12H17NO2. The number of hydrogen-bond donors (Lipinski definition) is 1. The lowest BCUT2D eigenvalue weighted by Gasteiger charge is -2.15. The first-order valence-electron chi connectivity index (χ1n) is 5.06. The number of rotatable bonds is 4. The zero-order chi connectivity index (χ0) is 11.4. The van der Waals surface area contributed by atoms with Gasteiger partial charge in [-0.2, -0.15) is 0 Å². The Morgan fingerprint density at radius 2 is 2.13 bits per heavy atom. The van der Waals surface area contributed by atoms with Crippen LogP contribution in [0.1, 0.15) is 29.8 Å². The minimum atomic E-state index is 0.0235. The molecule has 0 aliphatic heterocycles. The fraction of sp³-hybridized carbons (Fsp3) is 0.417. The number of aromatic hydroxyl groups is 1. The second-order valence-corrected chi connectivity index (χ2v) is 3.73. The van der Waals surface area contributed by atoms with Crippen molar-refractivity contribution in [3.8, 4) is 5.75 Å². The third-order valence-electron chi connectivity index (χ3n) is 2.47. The molecular weight excluding hydrogens is 190 g/mol. The topological polar surface area (TPSA) is 40.5 Å².